The normalized spacial score (nSPS) is 21.3. The number of nitriles is 1. The molecular formula is C25H20FN3OS. The monoisotopic (exact) mass is 429 g/mol. The van der Waals surface area contributed by atoms with E-state index in [-0.39, 0.29) is 17.3 Å². The number of piperidine rings is 1. The molecule has 1 saturated heterocycles. The highest BCUT2D eigenvalue weighted by atomic mass is 32.2. The van der Waals surface area contributed by atoms with Gasteiger partial charge in [-0.25, -0.2) is 4.39 Å². The second kappa shape index (κ2) is 7.75. The highest BCUT2D eigenvalue weighted by Gasteiger charge is 2.61. The van der Waals surface area contributed by atoms with Crippen LogP contribution in [0.1, 0.15) is 16.8 Å². The van der Waals surface area contributed by atoms with E-state index in [1.54, 1.807) is 28.8 Å². The van der Waals surface area contributed by atoms with Crippen molar-refractivity contribution in [2.45, 2.75) is 21.8 Å². The molecule has 1 aliphatic heterocycles. The first-order valence-corrected chi connectivity index (χ1v) is 11.0. The van der Waals surface area contributed by atoms with Gasteiger partial charge in [0.15, 0.2) is 6.19 Å². The van der Waals surface area contributed by atoms with Gasteiger partial charge in [0.1, 0.15) is 5.82 Å². The summed E-state index contributed by atoms with van der Waals surface area (Å²) in [4.78, 5) is 16.5. The first-order chi connectivity index (χ1) is 15.1. The molecule has 1 N–H and O–H groups in total. The molecule has 6 heteroatoms. The van der Waals surface area contributed by atoms with Crippen LogP contribution in [0.25, 0.3) is 11.1 Å². The number of hydrogen-bond acceptors (Lipinski definition) is 4. The fourth-order valence-electron chi connectivity index (χ4n) is 4.28. The molecule has 3 aromatic carbocycles. The van der Waals surface area contributed by atoms with Crippen molar-refractivity contribution in [3.8, 4) is 17.3 Å². The van der Waals surface area contributed by atoms with E-state index in [0.717, 1.165) is 33.9 Å². The van der Waals surface area contributed by atoms with Crippen molar-refractivity contribution in [1.82, 2.24) is 10.2 Å². The predicted octanol–water partition coefficient (Wildman–Crippen LogP) is 4.93. The molecule has 1 saturated carbocycles. The maximum atomic E-state index is 13.2. The van der Waals surface area contributed by atoms with Crippen LogP contribution >= 0.6 is 11.8 Å². The van der Waals surface area contributed by atoms with Crippen molar-refractivity contribution in [3.05, 3.63) is 84.2 Å². The van der Waals surface area contributed by atoms with Crippen LogP contribution in [0.4, 0.5) is 4.39 Å². The molecule has 2 fully saturated rings. The number of fused-ring (bicyclic) bond motifs is 1. The van der Waals surface area contributed by atoms with Crippen LogP contribution in [0.5, 0.6) is 0 Å². The molecule has 1 amide bonds. The van der Waals surface area contributed by atoms with Crippen LogP contribution in [0.15, 0.2) is 82.6 Å². The zero-order chi connectivity index (χ0) is 21.4. The SMILES string of the molecule is N#CN1CC2C[C@]2(NC(=O)c2ccc(-c3ccccc3Sc3ccc(F)cc3)cc2)C1. The Morgan fingerprint density at radius 3 is 2.55 bits per heavy atom. The molecule has 1 unspecified atom stereocenters. The van der Waals surface area contributed by atoms with Crippen LogP contribution < -0.4 is 5.32 Å². The van der Waals surface area contributed by atoms with Gasteiger partial charge in [-0.15, -0.1) is 0 Å². The summed E-state index contributed by atoms with van der Waals surface area (Å²) in [7, 11) is 0. The number of carbonyl (C=O) groups is 1. The second-order valence-corrected chi connectivity index (χ2v) is 9.24. The highest BCUT2D eigenvalue weighted by molar-refractivity contribution is 7.99. The molecule has 1 heterocycles. The van der Waals surface area contributed by atoms with Gasteiger partial charge in [-0.05, 0) is 60.0 Å². The van der Waals surface area contributed by atoms with Gasteiger partial charge >= 0.3 is 0 Å². The van der Waals surface area contributed by atoms with Crippen molar-refractivity contribution >= 4 is 17.7 Å². The molecule has 0 radical (unpaired) electrons. The summed E-state index contributed by atoms with van der Waals surface area (Å²) in [5, 5.41) is 12.2. The fraction of sp³-hybridized carbons (Fsp3) is 0.200. The van der Waals surface area contributed by atoms with Gasteiger partial charge in [0, 0.05) is 27.8 Å². The van der Waals surface area contributed by atoms with Crippen molar-refractivity contribution < 1.29 is 9.18 Å². The standard InChI is InChI=1S/C25H20FN3OS/c26-20-9-11-21(12-10-20)31-23-4-2-1-3-22(23)17-5-7-18(8-6-17)24(30)28-25-13-19(25)14-29(15-25)16-27/h1-12,19H,13-15H2,(H,28,30)/t19?,25-/m0/s1. The molecule has 1 aliphatic carbocycles. The minimum absolute atomic E-state index is 0.0946. The van der Waals surface area contributed by atoms with Crippen LogP contribution in [-0.2, 0) is 0 Å². The third kappa shape index (κ3) is 3.89. The van der Waals surface area contributed by atoms with Crippen LogP contribution in [-0.4, -0.2) is 29.4 Å². The molecule has 2 atom stereocenters. The molecular weight excluding hydrogens is 409 g/mol. The minimum Gasteiger partial charge on any atom is -0.344 e. The van der Waals surface area contributed by atoms with Gasteiger partial charge in [0.05, 0.1) is 12.1 Å². The third-order valence-corrected chi connectivity index (χ3v) is 7.12. The van der Waals surface area contributed by atoms with E-state index in [2.05, 4.69) is 11.5 Å². The Morgan fingerprint density at radius 2 is 1.84 bits per heavy atom. The first kappa shape index (κ1) is 19.7. The van der Waals surface area contributed by atoms with E-state index < -0.39 is 0 Å². The molecule has 3 aromatic rings. The van der Waals surface area contributed by atoms with Gasteiger partial charge in [-0.2, -0.15) is 5.26 Å². The maximum Gasteiger partial charge on any atom is 0.251 e. The van der Waals surface area contributed by atoms with Crippen LogP contribution in [0, 0.1) is 23.2 Å². The lowest BCUT2D eigenvalue weighted by atomic mass is 10.0. The van der Waals surface area contributed by atoms with E-state index >= 15 is 0 Å². The number of hydrogen-bond donors (Lipinski definition) is 1. The summed E-state index contributed by atoms with van der Waals surface area (Å²) in [5.41, 5.74) is 2.46. The summed E-state index contributed by atoms with van der Waals surface area (Å²) in [6.07, 6.45) is 3.12. The number of benzene rings is 3. The van der Waals surface area contributed by atoms with Crippen molar-refractivity contribution in [1.29, 1.82) is 5.26 Å². The quantitative estimate of drug-likeness (QED) is 0.585. The minimum atomic E-state index is -0.249. The number of likely N-dealkylation sites (tertiary alicyclic amines) is 1. The number of nitrogens with zero attached hydrogens (tertiary/aromatic N) is 2. The Labute approximate surface area is 184 Å². The van der Waals surface area contributed by atoms with E-state index in [9.17, 15) is 9.18 Å². The molecule has 0 spiro atoms. The highest BCUT2D eigenvalue weighted by Crippen LogP contribution is 2.49. The summed E-state index contributed by atoms with van der Waals surface area (Å²) in [6, 6.07) is 22.1. The van der Waals surface area contributed by atoms with Gasteiger partial charge < -0.3 is 10.2 Å². The number of amides is 1. The Hall–Kier alpha value is -3.30. The van der Waals surface area contributed by atoms with E-state index in [0.29, 0.717) is 18.0 Å². The van der Waals surface area contributed by atoms with Crippen molar-refractivity contribution in [2.24, 2.45) is 5.92 Å². The molecule has 0 aromatic heterocycles. The third-order valence-electron chi connectivity index (χ3n) is 6.04. The smallest absolute Gasteiger partial charge is 0.251 e. The molecule has 5 rings (SSSR count). The number of rotatable bonds is 5. The van der Waals surface area contributed by atoms with Gasteiger partial charge in [0.2, 0.25) is 0 Å². The summed E-state index contributed by atoms with van der Waals surface area (Å²) in [6.45, 7) is 1.34. The number of halogens is 1. The Bertz CT molecular complexity index is 1170. The Morgan fingerprint density at radius 1 is 1.10 bits per heavy atom. The molecule has 0 bridgehead atoms. The lowest BCUT2D eigenvalue weighted by molar-refractivity contribution is 0.0929. The summed E-state index contributed by atoms with van der Waals surface area (Å²) in [5.74, 6) is 0.0371. The van der Waals surface area contributed by atoms with Crippen molar-refractivity contribution in [3.63, 3.8) is 0 Å². The number of carbonyl (C=O) groups excluding carboxylic acids is 1. The molecule has 31 heavy (non-hydrogen) atoms. The zero-order valence-corrected chi connectivity index (χ0v) is 17.5. The van der Waals surface area contributed by atoms with Gasteiger partial charge in [0.25, 0.3) is 5.91 Å². The van der Waals surface area contributed by atoms with Crippen LogP contribution in [0.3, 0.4) is 0 Å². The Kier molecular flexibility index (Phi) is 4.91. The topological polar surface area (TPSA) is 56.1 Å². The molecule has 4 nitrogen and oxygen atoms in total. The van der Waals surface area contributed by atoms with Crippen molar-refractivity contribution in [2.75, 3.05) is 13.1 Å². The lowest BCUT2D eigenvalue weighted by Gasteiger charge is -2.17. The van der Waals surface area contributed by atoms with E-state index in [4.69, 9.17) is 5.26 Å². The van der Waals surface area contributed by atoms with E-state index in [1.807, 2.05) is 48.5 Å². The van der Waals surface area contributed by atoms with Gasteiger partial charge in [-0.3, -0.25) is 4.79 Å². The summed E-state index contributed by atoms with van der Waals surface area (Å²) >= 11 is 1.58. The van der Waals surface area contributed by atoms with E-state index in [1.165, 1.54) is 12.1 Å². The van der Waals surface area contributed by atoms with Gasteiger partial charge in [-0.1, -0.05) is 42.1 Å². The largest absolute Gasteiger partial charge is 0.344 e. The summed E-state index contributed by atoms with van der Waals surface area (Å²) < 4.78 is 13.2. The predicted molar refractivity (Wildman–Crippen MR) is 118 cm³/mol. The molecule has 154 valence electrons. The lowest BCUT2D eigenvalue weighted by Crippen LogP contribution is -2.41. The second-order valence-electron chi connectivity index (χ2n) is 8.12. The first-order valence-electron chi connectivity index (χ1n) is 10.2. The number of nitrogens with one attached hydrogen (secondary N) is 1. The molecule has 2 aliphatic rings. The maximum absolute atomic E-state index is 13.2. The zero-order valence-electron chi connectivity index (χ0n) is 16.7. The Balaban J connectivity index is 1.32. The average molecular weight is 430 g/mol. The average Bonchev–Trinajstić information content (AvgIpc) is 3.34. The van der Waals surface area contributed by atoms with Crippen LogP contribution in [0.2, 0.25) is 0 Å². The fourth-order valence-corrected chi connectivity index (χ4v) is 5.25.